The lowest BCUT2D eigenvalue weighted by Gasteiger charge is -2.07. The first kappa shape index (κ1) is 14.6. The number of fused-ring (bicyclic) bond motifs is 3. The van der Waals surface area contributed by atoms with Crippen LogP contribution in [0, 0.1) is 11.8 Å². The molecule has 3 rings (SSSR count). The average molecular weight is 314 g/mol. The van der Waals surface area contributed by atoms with Crippen LogP contribution in [0.15, 0.2) is 18.2 Å². The zero-order chi connectivity index (χ0) is 15.7. The van der Waals surface area contributed by atoms with E-state index in [2.05, 4.69) is 16.8 Å². The van der Waals surface area contributed by atoms with Crippen LogP contribution in [0.4, 0.5) is 0 Å². The minimum absolute atomic E-state index is 0.304. The number of amides is 1. The number of carbonyl (C=O) groups is 1. The number of benzene rings is 1. The number of primary amides is 1. The second-order valence-corrected chi connectivity index (χ2v) is 5.99. The predicted molar refractivity (Wildman–Crippen MR) is 83.8 cm³/mol. The van der Waals surface area contributed by atoms with Crippen LogP contribution in [0.5, 0.6) is 5.75 Å². The van der Waals surface area contributed by atoms with Crippen molar-refractivity contribution in [1.29, 1.82) is 0 Å². The van der Waals surface area contributed by atoms with Gasteiger partial charge >= 0.3 is 0 Å². The van der Waals surface area contributed by atoms with Crippen molar-refractivity contribution >= 4 is 17.2 Å². The maximum atomic E-state index is 11.3. The number of thiazole rings is 1. The molecule has 3 N–H and O–H groups in total. The lowest BCUT2D eigenvalue weighted by Crippen LogP contribution is -2.10. The molecular formula is C16H14N2O3S. The highest BCUT2D eigenvalue weighted by Crippen LogP contribution is 2.37. The van der Waals surface area contributed by atoms with Crippen molar-refractivity contribution in [3.05, 3.63) is 33.6 Å². The summed E-state index contributed by atoms with van der Waals surface area (Å²) in [6, 6.07) is 5.53. The SMILES string of the molecule is CC(O)C#Cc1ccc2c(c1)-c1nc(C(N)=O)sc1CCO2. The molecule has 0 spiro atoms. The summed E-state index contributed by atoms with van der Waals surface area (Å²) in [5.74, 6) is 5.80. The molecule has 2 heterocycles. The van der Waals surface area contributed by atoms with Crippen LogP contribution in [-0.2, 0) is 6.42 Å². The number of carbonyl (C=O) groups excluding carboxylic acids is 1. The first-order chi connectivity index (χ1) is 10.5. The van der Waals surface area contributed by atoms with Gasteiger partial charge < -0.3 is 15.6 Å². The van der Waals surface area contributed by atoms with Gasteiger partial charge in [0, 0.05) is 22.4 Å². The van der Waals surface area contributed by atoms with E-state index in [9.17, 15) is 9.90 Å². The van der Waals surface area contributed by atoms with E-state index < -0.39 is 12.0 Å². The second kappa shape index (κ2) is 5.79. The van der Waals surface area contributed by atoms with E-state index in [-0.39, 0.29) is 0 Å². The fraction of sp³-hybridized carbons (Fsp3) is 0.250. The van der Waals surface area contributed by atoms with Gasteiger partial charge in [-0.05, 0) is 25.1 Å². The molecule has 2 aromatic rings. The standard InChI is InChI=1S/C16H14N2O3S/c1-9(19)2-3-10-4-5-12-11(8-10)14-13(6-7-21-12)22-16(18-14)15(17)20/h4-5,8-9,19H,6-7H2,1H3,(H2,17,20). The number of ether oxygens (including phenoxy) is 1. The largest absolute Gasteiger partial charge is 0.493 e. The van der Waals surface area contributed by atoms with Gasteiger partial charge in [-0.15, -0.1) is 11.3 Å². The average Bonchev–Trinajstić information content (AvgIpc) is 2.83. The molecule has 22 heavy (non-hydrogen) atoms. The van der Waals surface area contributed by atoms with Crippen molar-refractivity contribution in [2.45, 2.75) is 19.4 Å². The third-order valence-electron chi connectivity index (χ3n) is 3.15. The topological polar surface area (TPSA) is 85.4 Å². The number of nitrogens with zero attached hydrogens (tertiary/aromatic N) is 1. The Labute approximate surface area is 131 Å². The van der Waals surface area contributed by atoms with E-state index in [1.165, 1.54) is 11.3 Å². The maximum absolute atomic E-state index is 11.3. The van der Waals surface area contributed by atoms with E-state index in [1.54, 1.807) is 6.92 Å². The molecule has 1 atom stereocenters. The number of rotatable bonds is 1. The molecule has 0 saturated heterocycles. The van der Waals surface area contributed by atoms with Gasteiger partial charge in [-0.3, -0.25) is 4.79 Å². The van der Waals surface area contributed by atoms with Gasteiger partial charge in [0.25, 0.3) is 5.91 Å². The number of hydrogen-bond acceptors (Lipinski definition) is 5. The molecule has 0 radical (unpaired) electrons. The third-order valence-corrected chi connectivity index (χ3v) is 4.28. The maximum Gasteiger partial charge on any atom is 0.277 e. The molecule has 1 aromatic carbocycles. The molecule has 6 heteroatoms. The molecule has 1 aromatic heterocycles. The number of hydrogen-bond donors (Lipinski definition) is 2. The summed E-state index contributed by atoms with van der Waals surface area (Å²) in [7, 11) is 0. The van der Waals surface area contributed by atoms with E-state index in [0.717, 1.165) is 21.7 Å². The number of aliphatic hydroxyl groups is 1. The van der Waals surface area contributed by atoms with Gasteiger partial charge in [0.2, 0.25) is 0 Å². The summed E-state index contributed by atoms with van der Waals surface area (Å²) < 4.78 is 5.72. The van der Waals surface area contributed by atoms with Gasteiger partial charge in [0.1, 0.15) is 11.9 Å². The van der Waals surface area contributed by atoms with Gasteiger partial charge in [0.05, 0.1) is 12.3 Å². The highest BCUT2D eigenvalue weighted by Gasteiger charge is 2.22. The summed E-state index contributed by atoms with van der Waals surface area (Å²) in [5, 5.41) is 9.56. The van der Waals surface area contributed by atoms with Crippen LogP contribution in [0.2, 0.25) is 0 Å². The summed E-state index contributed by atoms with van der Waals surface area (Å²) >= 11 is 1.30. The molecule has 5 nitrogen and oxygen atoms in total. The van der Waals surface area contributed by atoms with Crippen molar-refractivity contribution in [2.75, 3.05) is 6.61 Å². The zero-order valence-electron chi connectivity index (χ0n) is 11.9. The number of aromatic nitrogens is 1. The molecule has 1 aliphatic rings. The molecule has 0 aliphatic carbocycles. The lowest BCUT2D eigenvalue weighted by molar-refractivity contribution is 0.1000. The predicted octanol–water partition coefficient (Wildman–Crippen LogP) is 1.58. The van der Waals surface area contributed by atoms with Crippen LogP contribution in [0.1, 0.15) is 27.2 Å². The van der Waals surface area contributed by atoms with Gasteiger partial charge in [-0.1, -0.05) is 11.8 Å². The molecule has 112 valence electrons. The van der Waals surface area contributed by atoms with Crippen molar-refractivity contribution in [2.24, 2.45) is 5.73 Å². The molecule has 0 fully saturated rings. The fourth-order valence-electron chi connectivity index (χ4n) is 2.20. The summed E-state index contributed by atoms with van der Waals surface area (Å²) in [4.78, 5) is 16.7. The first-order valence-corrected chi connectivity index (χ1v) is 7.62. The van der Waals surface area contributed by atoms with Crippen LogP contribution in [0.25, 0.3) is 11.3 Å². The Morgan fingerprint density at radius 2 is 2.36 bits per heavy atom. The number of nitrogens with two attached hydrogens (primary N) is 1. The van der Waals surface area contributed by atoms with E-state index >= 15 is 0 Å². The quantitative estimate of drug-likeness (QED) is 0.783. The Morgan fingerprint density at radius 1 is 1.55 bits per heavy atom. The molecule has 1 aliphatic heterocycles. The Hall–Kier alpha value is -2.36. The Kier molecular flexibility index (Phi) is 3.84. The van der Waals surface area contributed by atoms with Crippen LogP contribution >= 0.6 is 11.3 Å². The van der Waals surface area contributed by atoms with Crippen molar-refractivity contribution < 1.29 is 14.6 Å². The van der Waals surface area contributed by atoms with Crippen molar-refractivity contribution in [3.63, 3.8) is 0 Å². The van der Waals surface area contributed by atoms with Gasteiger partial charge in [-0.2, -0.15) is 0 Å². The highest BCUT2D eigenvalue weighted by molar-refractivity contribution is 7.14. The monoisotopic (exact) mass is 314 g/mol. The van der Waals surface area contributed by atoms with Crippen LogP contribution in [-0.4, -0.2) is 28.7 Å². The molecule has 1 amide bonds. The van der Waals surface area contributed by atoms with E-state index in [0.29, 0.717) is 23.8 Å². The first-order valence-electron chi connectivity index (χ1n) is 6.81. The molecular weight excluding hydrogens is 300 g/mol. The molecule has 0 bridgehead atoms. The minimum Gasteiger partial charge on any atom is -0.493 e. The third kappa shape index (κ3) is 2.82. The smallest absolute Gasteiger partial charge is 0.277 e. The summed E-state index contributed by atoms with van der Waals surface area (Å²) in [5.41, 5.74) is 7.61. The van der Waals surface area contributed by atoms with Crippen LogP contribution in [0.3, 0.4) is 0 Å². The second-order valence-electron chi connectivity index (χ2n) is 4.91. The summed E-state index contributed by atoms with van der Waals surface area (Å²) in [6.07, 6.45) is -0.00438. The lowest BCUT2D eigenvalue weighted by atomic mass is 10.1. The molecule has 0 saturated carbocycles. The van der Waals surface area contributed by atoms with Crippen molar-refractivity contribution in [1.82, 2.24) is 4.98 Å². The van der Waals surface area contributed by atoms with Gasteiger partial charge in [0.15, 0.2) is 5.01 Å². The highest BCUT2D eigenvalue weighted by atomic mass is 32.1. The fourth-order valence-corrected chi connectivity index (χ4v) is 3.11. The zero-order valence-corrected chi connectivity index (χ0v) is 12.7. The van der Waals surface area contributed by atoms with E-state index in [1.807, 2.05) is 18.2 Å². The Balaban J connectivity index is 2.11. The number of aliphatic hydroxyl groups excluding tert-OH is 1. The van der Waals surface area contributed by atoms with E-state index in [4.69, 9.17) is 10.5 Å². The molecule has 1 unspecified atom stereocenters. The minimum atomic E-state index is -0.689. The summed E-state index contributed by atoms with van der Waals surface area (Å²) in [6.45, 7) is 2.14. The Morgan fingerprint density at radius 3 is 3.09 bits per heavy atom. The van der Waals surface area contributed by atoms with Crippen molar-refractivity contribution in [3.8, 4) is 28.8 Å². The van der Waals surface area contributed by atoms with Gasteiger partial charge in [-0.25, -0.2) is 4.98 Å². The Bertz CT molecular complexity index is 799. The normalized spacial score (nSPS) is 13.7. The van der Waals surface area contributed by atoms with Crippen LogP contribution < -0.4 is 10.5 Å².